The number of nitrogens with one attached hydrogen (secondary N) is 2. The Bertz CT molecular complexity index is 1160. The van der Waals surface area contributed by atoms with Gasteiger partial charge in [-0.15, -0.1) is 5.10 Å². The van der Waals surface area contributed by atoms with E-state index in [0.29, 0.717) is 6.54 Å². The number of aromatic nitrogens is 2. The normalized spacial score (nSPS) is 16.2. The topological polar surface area (TPSA) is 172 Å². The van der Waals surface area contributed by atoms with Crippen molar-refractivity contribution in [3.8, 4) is 11.6 Å². The number of hydrogen-bond donors (Lipinski definition) is 4. The summed E-state index contributed by atoms with van der Waals surface area (Å²) in [5.74, 6) is -0.285. The van der Waals surface area contributed by atoms with Gasteiger partial charge in [-0.2, -0.15) is 0 Å². The summed E-state index contributed by atoms with van der Waals surface area (Å²) in [5, 5.41) is 27.6. The van der Waals surface area contributed by atoms with Crippen molar-refractivity contribution in [2.75, 3.05) is 29.3 Å². The van der Waals surface area contributed by atoms with Crippen molar-refractivity contribution in [3.63, 3.8) is 0 Å². The second-order valence-corrected chi connectivity index (χ2v) is 9.47. The van der Waals surface area contributed by atoms with Crippen LogP contribution in [0.3, 0.4) is 0 Å². The maximum atomic E-state index is 13.8. The predicted molar refractivity (Wildman–Crippen MR) is 121 cm³/mol. The van der Waals surface area contributed by atoms with Gasteiger partial charge in [0.1, 0.15) is 18.5 Å². The van der Waals surface area contributed by atoms with E-state index in [9.17, 15) is 23.1 Å². The first-order valence-corrected chi connectivity index (χ1v) is 11.9. The van der Waals surface area contributed by atoms with Crippen LogP contribution < -0.4 is 24.4 Å². The third kappa shape index (κ3) is 5.69. The van der Waals surface area contributed by atoms with Crippen molar-refractivity contribution in [2.24, 2.45) is 0 Å². The fraction of sp³-hybridized carbons (Fsp3) is 0.450. The third-order valence-corrected chi connectivity index (χ3v) is 6.53. The average molecular weight is 498 g/mol. The molecule has 13 nitrogen and oxygen atoms in total. The van der Waals surface area contributed by atoms with E-state index in [4.69, 9.17) is 14.6 Å². The number of fused-ring (bicyclic) bond motifs is 1. The summed E-state index contributed by atoms with van der Waals surface area (Å²) in [5.41, 5.74) is 0.251. The lowest BCUT2D eigenvalue weighted by atomic mass is 10.2. The average Bonchev–Trinajstić information content (AvgIpc) is 3.19. The highest BCUT2D eigenvalue weighted by Gasteiger charge is 2.38. The van der Waals surface area contributed by atoms with E-state index in [2.05, 4.69) is 15.7 Å². The van der Waals surface area contributed by atoms with Crippen LogP contribution in [0.2, 0.25) is 0 Å². The van der Waals surface area contributed by atoms with Crippen molar-refractivity contribution in [3.05, 3.63) is 24.4 Å². The maximum absolute atomic E-state index is 13.8. The molecule has 1 aliphatic rings. The van der Waals surface area contributed by atoms with Crippen molar-refractivity contribution < 1.29 is 37.7 Å². The lowest BCUT2D eigenvalue weighted by Gasteiger charge is -2.35. The van der Waals surface area contributed by atoms with Gasteiger partial charge in [0.25, 0.3) is 15.9 Å². The molecule has 2 amide bonds. The molecule has 186 valence electrons. The number of anilines is 2. The molecule has 0 saturated heterocycles. The molecule has 0 aliphatic carbocycles. The molecule has 0 bridgehead atoms. The number of carboxylic acid groups (broad SMARTS) is 1. The predicted octanol–water partition coefficient (Wildman–Crippen LogP) is 0.845. The van der Waals surface area contributed by atoms with Gasteiger partial charge in [-0.3, -0.25) is 19.1 Å². The number of aliphatic hydroxyl groups is 1. The Hall–Kier alpha value is -3.52. The van der Waals surface area contributed by atoms with E-state index in [0.717, 1.165) is 4.31 Å². The summed E-state index contributed by atoms with van der Waals surface area (Å²) in [6.07, 6.45) is -1.55. The number of aryl methyl sites for hydroxylation is 1. The van der Waals surface area contributed by atoms with E-state index < -0.39 is 28.3 Å². The lowest BCUT2D eigenvalue weighted by molar-refractivity contribution is -0.119. The van der Waals surface area contributed by atoms with Gasteiger partial charge < -0.3 is 25.0 Å². The zero-order valence-corrected chi connectivity index (χ0v) is 19.7. The molecule has 2 heterocycles. The van der Waals surface area contributed by atoms with Crippen molar-refractivity contribution in [1.82, 2.24) is 15.1 Å². The SMILES string of the molecule is CCn1cc(S(=O)(=O)N2C[C@H](CNC(C)=O)Oc3ccc(NC(=O)O)cc32)c(OC[C@H](C)O)n1. The van der Waals surface area contributed by atoms with Gasteiger partial charge in [0.05, 0.1) is 24.9 Å². The number of hydrogen-bond acceptors (Lipinski definition) is 8. The molecule has 1 aromatic carbocycles. The quantitative estimate of drug-likeness (QED) is 0.392. The zero-order valence-electron chi connectivity index (χ0n) is 18.9. The van der Waals surface area contributed by atoms with Crippen LogP contribution in [0.4, 0.5) is 16.2 Å². The summed E-state index contributed by atoms with van der Waals surface area (Å²) in [6, 6.07) is 4.23. The molecule has 3 rings (SSSR count). The molecule has 0 spiro atoms. The van der Waals surface area contributed by atoms with E-state index in [1.807, 2.05) is 0 Å². The van der Waals surface area contributed by atoms with Gasteiger partial charge >= 0.3 is 6.09 Å². The molecule has 34 heavy (non-hydrogen) atoms. The van der Waals surface area contributed by atoms with Crippen LogP contribution in [-0.4, -0.2) is 72.3 Å². The number of rotatable bonds is 9. The largest absolute Gasteiger partial charge is 0.484 e. The summed E-state index contributed by atoms with van der Waals surface area (Å²) in [4.78, 5) is 22.2. The van der Waals surface area contributed by atoms with Gasteiger partial charge in [-0.05, 0) is 32.0 Å². The minimum absolute atomic E-state index is 0.0511. The van der Waals surface area contributed by atoms with Crippen molar-refractivity contribution in [1.29, 1.82) is 0 Å². The highest BCUT2D eigenvalue weighted by atomic mass is 32.2. The Morgan fingerprint density at radius 2 is 2.12 bits per heavy atom. The number of carbonyl (C=O) groups excluding carboxylic acids is 1. The Labute approximate surface area is 196 Å². The minimum Gasteiger partial charge on any atom is -0.484 e. The molecule has 1 aromatic heterocycles. The summed E-state index contributed by atoms with van der Waals surface area (Å²) < 4.78 is 41.4. The molecule has 0 radical (unpaired) electrons. The smallest absolute Gasteiger partial charge is 0.409 e. The highest BCUT2D eigenvalue weighted by Crippen LogP contribution is 2.40. The van der Waals surface area contributed by atoms with Crippen LogP contribution in [0, 0.1) is 0 Å². The summed E-state index contributed by atoms with van der Waals surface area (Å²) in [7, 11) is -4.28. The van der Waals surface area contributed by atoms with Crippen molar-refractivity contribution >= 4 is 33.4 Å². The molecular weight excluding hydrogens is 470 g/mol. The van der Waals surface area contributed by atoms with Gasteiger partial charge in [-0.25, -0.2) is 13.2 Å². The van der Waals surface area contributed by atoms with Gasteiger partial charge in [0, 0.05) is 25.4 Å². The van der Waals surface area contributed by atoms with E-state index in [-0.39, 0.29) is 53.5 Å². The van der Waals surface area contributed by atoms with Crippen molar-refractivity contribution in [2.45, 2.75) is 44.4 Å². The molecule has 0 saturated carbocycles. The fourth-order valence-electron chi connectivity index (χ4n) is 3.25. The Morgan fingerprint density at radius 3 is 2.74 bits per heavy atom. The molecule has 2 aromatic rings. The van der Waals surface area contributed by atoms with Crippen LogP contribution in [0.5, 0.6) is 11.6 Å². The van der Waals surface area contributed by atoms with Gasteiger partial charge in [0.2, 0.25) is 5.91 Å². The fourth-order valence-corrected chi connectivity index (χ4v) is 4.82. The first kappa shape index (κ1) is 25.1. The Morgan fingerprint density at radius 1 is 1.38 bits per heavy atom. The zero-order chi connectivity index (χ0) is 25.0. The maximum Gasteiger partial charge on any atom is 0.409 e. The number of ether oxygens (including phenoxy) is 2. The first-order chi connectivity index (χ1) is 16.0. The molecule has 1 aliphatic heterocycles. The second-order valence-electron chi connectivity index (χ2n) is 7.64. The third-order valence-electron chi connectivity index (χ3n) is 4.77. The Balaban J connectivity index is 2.07. The standard InChI is InChI=1S/C20H27N5O8S/c1-4-24-10-18(19(23-24)32-11-12(2)26)34(30,31)25-9-15(8-21-13(3)27)33-17-6-5-14(7-16(17)25)22-20(28)29/h5-7,10,12,15,22,26H,4,8-9,11H2,1-3H3,(H,21,27)(H,28,29)/t12-,15-/m0/s1. The van der Waals surface area contributed by atoms with Gasteiger partial charge in [0.15, 0.2) is 4.90 Å². The van der Waals surface area contributed by atoms with Crippen LogP contribution in [0.1, 0.15) is 20.8 Å². The van der Waals surface area contributed by atoms with E-state index in [1.165, 1.54) is 42.9 Å². The number of aliphatic hydroxyl groups excluding tert-OH is 1. The molecular formula is C20H27N5O8S. The number of amides is 2. The van der Waals surface area contributed by atoms with Crippen LogP contribution in [0.15, 0.2) is 29.3 Å². The summed E-state index contributed by atoms with van der Waals surface area (Å²) in [6.45, 7) is 4.69. The first-order valence-electron chi connectivity index (χ1n) is 10.5. The molecule has 2 atom stereocenters. The summed E-state index contributed by atoms with van der Waals surface area (Å²) >= 11 is 0. The Kier molecular flexibility index (Phi) is 7.51. The number of benzene rings is 1. The minimum atomic E-state index is -4.28. The van der Waals surface area contributed by atoms with Crippen LogP contribution >= 0.6 is 0 Å². The number of carbonyl (C=O) groups is 2. The highest BCUT2D eigenvalue weighted by molar-refractivity contribution is 7.93. The lowest BCUT2D eigenvalue weighted by Crippen LogP contribution is -2.48. The van der Waals surface area contributed by atoms with E-state index in [1.54, 1.807) is 6.92 Å². The van der Waals surface area contributed by atoms with E-state index >= 15 is 0 Å². The van der Waals surface area contributed by atoms with Crippen LogP contribution in [-0.2, 0) is 21.4 Å². The second kappa shape index (κ2) is 10.2. The number of nitrogens with zero attached hydrogens (tertiary/aromatic N) is 3. The monoisotopic (exact) mass is 497 g/mol. The molecule has 14 heteroatoms. The van der Waals surface area contributed by atoms with Crippen LogP contribution in [0.25, 0.3) is 0 Å². The van der Waals surface area contributed by atoms with Gasteiger partial charge in [-0.1, -0.05) is 0 Å². The molecule has 0 unspecified atom stereocenters. The molecule has 4 N–H and O–H groups in total. The number of sulfonamides is 1. The molecule has 0 fully saturated rings.